The summed E-state index contributed by atoms with van der Waals surface area (Å²) in [6.45, 7) is 4.61. The smallest absolute Gasteiger partial charge is 0.282 e. The van der Waals surface area contributed by atoms with Crippen molar-refractivity contribution in [2.45, 2.75) is 39.7 Å². The lowest BCUT2D eigenvalue weighted by atomic mass is 10.2. The van der Waals surface area contributed by atoms with Gasteiger partial charge in [0.2, 0.25) is 0 Å². The summed E-state index contributed by atoms with van der Waals surface area (Å²) < 4.78 is 14.8. The monoisotopic (exact) mass is 659 g/mol. The molecule has 0 N–H and O–H groups in total. The van der Waals surface area contributed by atoms with E-state index in [1.54, 1.807) is 19.4 Å². The molecule has 0 saturated heterocycles. The van der Waals surface area contributed by atoms with Crippen LogP contribution in [0.4, 0.5) is 0 Å². The predicted octanol–water partition coefficient (Wildman–Crippen LogP) is 6.88. The Hall–Kier alpha value is -2.72. The predicted molar refractivity (Wildman–Crippen MR) is 157 cm³/mol. The molecule has 8 heteroatoms. The van der Waals surface area contributed by atoms with Crippen molar-refractivity contribution < 1.29 is 9.47 Å². The molecule has 1 aromatic heterocycles. The van der Waals surface area contributed by atoms with Gasteiger partial charge in [0.05, 0.1) is 27.8 Å². The number of hydrogen-bond acceptors (Lipinski definition) is 5. The average molecular weight is 660 g/mol. The van der Waals surface area contributed by atoms with Gasteiger partial charge in [-0.2, -0.15) is 9.78 Å². The molecule has 6 nitrogen and oxygen atoms in total. The average Bonchev–Trinajstić information content (AvgIpc) is 2.87. The maximum Gasteiger partial charge on any atom is 0.282 e. The first-order chi connectivity index (χ1) is 17.4. The van der Waals surface area contributed by atoms with Gasteiger partial charge in [0.25, 0.3) is 5.56 Å². The van der Waals surface area contributed by atoms with Crippen molar-refractivity contribution >= 4 is 55.6 Å². The third-order valence-electron chi connectivity index (χ3n) is 5.71. The van der Waals surface area contributed by atoms with Crippen LogP contribution >= 0.6 is 38.5 Å². The van der Waals surface area contributed by atoms with Crippen molar-refractivity contribution in [2.24, 2.45) is 5.10 Å². The molecule has 0 bridgehead atoms. The van der Waals surface area contributed by atoms with Gasteiger partial charge in [0.1, 0.15) is 12.4 Å². The number of aromatic nitrogens is 2. The lowest BCUT2D eigenvalue weighted by Gasteiger charge is -2.14. The van der Waals surface area contributed by atoms with Crippen molar-refractivity contribution in [3.8, 4) is 11.5 Å². The van der Waals surface area contributed by atoms with Crippen LogP contribution in [0, 0.1) is 10.5 Å². The normalized spacial score (nSPS) is 11.4. The number of hydrogen-bond donors (Lipinski definition) is 0. The van der Waals surface area contributed by atoms with Crippen LogP contribution in [0.1, 0.15) is 42.3 Å². The van der Waals surface area contributed by atoms with Gasteiger partial charge in [0, 0.05) is 10.9 Å². The van der Waals surface area contributed by atoms with Crippen molar-refractivity contribution in [3.63, 3.8) is 0 Å². The van der Waals surface area contributed by atoms with Gasteiger partial charge < -0.3 is 9.47 Å². The fourth-order valence-electron chi connectivity index (χ4n) is 3.73. The van der Waals surface area contributed by atoms with E-state index in [2.05, 4.69) is 81.7 Å². The van der Waals surface area contributed by atoms with E-state index >= 15 is 0 Å². The van der Waals surface area contributed by atoms with E-state index in [0.29, 0.717) is 41.3 Å². The Kier molecular flexibility index (Phi) is 8.79. The van der Waals surface area contributed by atoms with Gasteiger partial charge in [-0.15, -0.1) is 0 Å². The van der Waals surface area contributed by atoms with Gasteiger partial charge in [-0.1, -0.05) is 59.1 Å². The van der Waals surface area contributed by atoms with Crippen LogP contribution in [0.25, 0.3) is 10.9 Å². The Labute approximate surface area is 232 Å². The van der Waals surface area contributed by atoms with Crippen molar-refractivity contribution in [2.75, 3.05) is 7.11 Å². The minimum atomic E-state index is -0.191. The number of fused-ring (bicyclic) bond motifs is 1. The SMILES string of the molecule is CCCCc1nc2ccc(Br)cc2c(=O)n1N=Cc1cc(I)c(OCc2ccc(C)cc2)c(OC)c1. The molecule has 0 unspecified atom stereocenters. The zero-order valence-electron chi connectivity index (χ0n) is 20.4. The van der Waals surface area contributed by atoms with Gasteiger partial charge >= 0.3 is 0 Å². The van der Waals surface area contributed by atoms with Gasteiger partial charge in [0.15, 0.2) is 11.5 Å². The molecule has 0 spiro atoms. The molecule has 36 heavy (non-hydrogen) atoms. The minimum Gasteiger partial charge on any atom is -0.493 e. The maximum atomic E-state index is 13.3. The van der Waals surface area contributed by atoms with Crippen LogP contribution in [-0.4, -0.2) is 23.0 Å². The molecule has 0 radical (unpaired) electrons. The standard InChI is InChI=1S/C28H27BrIN3O3/c1-4-5-6-26-32-24-12-11-21(29)15-22(24)28(34)33(26)31-16-20-13-23(30)27(25(14-20)35-3)36-17-19-9-7-18(2)8-10-19/h7-16H,4-6,17H2,1-3H3. The molecule has 0 saturated carbocycles. The second kappa shape index (κ2) is 12.0. The van der Waals surface area contributed by atoms with Crippen molar-refractivity contribution in [3.05, 3.63) is 95.5 Å². The summed E-state index contributed by atoms with van der Waals surface area (Å²) >= 11 is 5.68. The Balaban J connectivity index is 1.66. The molecule has 0 amide bonds. The highest BCUT2D eigenvalue weighted by Gasteiger charge is 2.13. The van der Waals surface area contributed by atoms with E-state index < -0.39 is 0 Å². The molecule has 1 heterocycles. The molecule has 0 fully saturated rings. The number of aryl methyl sites for hydroxylation is 2. The van der Waals surface area contributed by atoms with E-state index in [4.69, 9.17) is 14.5 Å². The second-order valence-corrected chi connectivity index (χ2v) is 10.5. The fourth-order valence-corrected chi connectivity index (χ4v) is 4.87. The van der Waals surface area contributed by atoms with Crippen LogP contribution in [0.5, 0.6) is 11.5 Å². The molecule has 0 atom stereocenters. The summed E-state index contributed by atoms with van der Waals surface area (Å²) in [7, 11) is 1.61. The largest absolute Gasteiger partial charge is 0.493 e. The highest BCUT2D eigenvalue weighted by atomic mass is 127. The Bertz CT molecular complexity index is 1470. The molecule has 186 valence electrons. The highest BCUT2D eigenvalue weighted by Crippen LogP contribution is 2.34. The first kappa shape index (κ1) is 26.3. The van der Waals surface area contributed by atoms with Gasteiger partial charge in [-0.05, 0) is 77.4 Å². The van der Waals surface area contributed by atoms with Crippen LogP contribution in [-0.2, 0) is 13.0 Å². The van der Waals surface area contributed by atoms with E-state index in [9.17, 15) is 4.79 Å². The van der Waals surface area contributed by atoms with Crippen molar-refractivity contribution in [1.29, 1.82) is 0 Å². The summed E-state index contributed by atoms with van der Waals surface area (Å²) in [6.07, 6.45) is 4.25. The lowest BCUT2D eigenvalue weighted by molar-refractivity contribution is 0.282. The number of rotatable bonds is 9. The summed E-state index contributed by atoms with van der Waals surface area (Å²) in [5.41, 5.74) is 3.57. The topological polar surface area (TPSA) is 65.7 Å². The second-order valence-electron chi connectivity index (χ2n) is 8.46. The zero-order valence-corrected chi connectivity index (χ0v) is 24.2. The third-order valence-corrected chi connectivity index (χ3v) is 7.00. The van der Waals surface area contributed by atoms with Crippen LogP contribution in [0.15, 0.2) is 69.0 Å². The number of benzene rings is 3. The summed E-state index contributed by atoms with van der Waals surface area (Å²) in [5.74, 6) is 1.93. The molecular formula is C28H27BrIN3O3. The summed E-state index contributed by atoms with van der Waals surface area (Å²) in [5, 5.41) is 5.08. The van der Waals surface area contributed by atoms with Crippen LogP contribution < -0.4 is 15.0 Å². The van der Waals surface area contributed by atoms with E-state index in [0.717, 1.165) is 32.0 Å². The zero-order chi connectivity index (χ0) is 25.7. The number of methoxy groups -OCH3 is 1. The van der Waals surface area contributed by atoms with Crippen molar-refractivity contribution in [1.82, 2.24) is 9.66 Å². The van der Waals surface area contributed by atoms with Gasteiger partial charge in [-0.25, -0.2) is 4.98 Å². The minimum absolute atomic E-state index is 0.191. The van der Waals surface area contributed by atoms with E-state index in [1.165, 1.54) is 10.2 Å². The summed E-state index contributed by atoms with van der Waals surface area (Å²) in [6, 6.07) is 17.6. The molecule has 3 aromatic carbocycles. The number of halogens is 2. The third kappa shape index (κ3) is 6.15. The quantitative estimate of drug-likeness (QED) is 0.145. The Morgan fingerprint density at radius 2 is 1.92 bits per heavy atom. The van der Waals surface area contributed by atoms with Crippen LogP contribution in [0.2, 0.25) is 0 Å². The molecule has 0 aliphatic carbocycles. The lowest BCUT2D eigenvalue weighted by Crippen LogP contribution is -2.22. The Morgan fingerprint density at radius 1 is 1.14 bits per heavy atom. The maximum absolute atomic E-state index is 13.3. The fraction of sp³-hybridized carbons (Fsp3) is 0.250. The molecule has 0 aliphatic rings. The van der Waals surface area contributed by atoms with E-state index in [1.807, 2.05) is 24.3 Å². The van der Waals surface area contributed by atoms with Gasteiger partial charge in [-0.3, -0.25) is 4.79 Å². The molecule has 0 aliphatic heterocycles. The first-order valence-corrected chi connectivity index (χ1v) is 13.6. The Morgan fingerprint density at radius 3 is 2.64 bits per heavy atom. The highest BCUT2D eigenvalue weighted by molar-refractivity contribution is 14.1. The van der Waals surface area contributed by atoms with Crippen LogP contribution in [0.3, 0.4) is 0 Å². The molecule has 4 aromatic rings. The molecule has 4 rings (SSSR count). The summed E-state index contributed by atoms with van der Waals surface area (Å²) in [4.78, 5) is 18.0. The van der Waals surface area contributed by atoms with E-state index in [-0.39, 0.29) is 5.56 Å². The molecular weight excluding hydrogens is 633 g/mol. The number of ether oxygens (including phenoxy) is 2. The first-order valence-electron chi connectivity index (χ1n) is 11.7. The number of unbranched alkanes of at least 4 members (excludes halogenated alkanes) is 1. The number of nitrogens with zero attached hydrogens (tertiary/aromatic N) is 3.